The summed E-state index contributed by atoms with van der Waals surface area (Å²) in [7, 11) is 0. The number of nitrogens with zero attached hydrogens (tertiary/aromatic N) is 1. The number of rotatable bonds is 4. The van der Waals surface area contributed by atoms with Crippen LogP contribution in [-0.4, -0.2) is 36.3 Å². The van der Waals surface area contributed by atoms with Crippen molar-refractivity contribution in [3.63, 3.8) is 0 Å². The van der Waals surface area contributed by atoms with Crippen LogP contribution in [0.25, 0.3) is 0 Å². The number of piperidine rings is 1. The van der Waals surface area contributed by atoms with Crippen molar-refractivity contribution in [3.8, 4) is 5.75 Å². The monoisotopic (exact) mass is 409 g/mol. The fourth-order valence-electron chi connectivity index (χ4n) is 7.01. The lowest BCUT2D eigenvalue weighted by Gasteiger charge is -2.48. The van der Waals surface area contributed by atoms with Gasteiger partial charge in [0.2, 0.25) is 0 Å². The van der Waals surface area contributed by atoms with Gasteiger partial charge in [-0.05, 0) is 99.0 Å². The first-order valence-electron chi connectivity index (χ1n) is 12.1. The third-order valence-electron chi connectivity index (χ3n) is 8.72. The number of esters is 1. The van der Waals surface area contributed by atoms with E-state index in [1.54, 1.807) is 0 Å². The van der Waals surface area contributed by atoms with Gasteiger partial charge in [-0.15, -0.1) is 0 Å². The predicted octanol–water partition coefficient (Wildman–Crippen LogP) is 4.89. The number of aryl methyl sites for hydroxylation is 1. The summed E-state index contributed by atoms with van der Waals surface area (Å²) in [6.07, 6.45) is 10.5. The van der Waals surface area contributed by atoms with E-state index in [0.717, 1.165) is 58.2 Å². The number of ether oxygens (including phenoxy) is 1. The summed E-state index contributed by atoms with van der Waals surface area (Å²) in [6, 6.07) is 6.31. The molecule has 162 valence electrons. The minimum absolute atomic E-state index is 0.0670. The minimum Gasteiger partial charge on any atom is -0.426 e. The molecule has 0 amide bonds. The van der Waals surface area contributed by atoms with Crippen LogP contribution in [0.2, 0.25) is 0 Å². The second-order valence-electron chi connectivity index (χ2n) is 10.3. The number of hydrogen-bond donors (Lipinski definition) is 0. The third-order valence-corrected chi connectivity index (χ3v) is 8.72. The molecule has 0 N–H and O–H groups in total. The maximum atomic E-state index is 12.5. The van der Waals surface area contributed by atoms with Gasteiger partial charge in [-0.1, -0.05) is 19.4 Å². The smallest absolute Gasteiger partial charge is 0.312 e. The fourth-order valence-corrected chi connectivity index (χ4v) is 7.01. The van der Waals surface area contributed by atoms with Gasteiger partial charge in [0.25, 0.3) is 0 Å². The Morgan fingerprint density at radius 2 is 1.97 bits per heavy atom. The van der Waals surface area contributed by atoms with Crippen molar-refractivity contribution in [3.05, 3.63) is 29.3 Å². The number of carbonyl (C=O) groups is 2. The molecule has 1 saturated heterocycles. The molecule has 0 aromatic heterocycles. The van der Waals surface area contributed by atoms with Crippen LogP contribution in [-0.2, 0) is 16.0 Å². The molecule has 1 heterocycles. The van der Waals surface area contributed by atoms with Crippen LogP contribution in [0.1, 0.15) is 81.8 Å². The van der Waals surface area contributed by atoms with E-state index in [-0.39, 0.29) is 11.4 Å². The SMILES string of the molecule is C[C@]12CC[C@H]3c4ccc(OC(=O)CCN5CCCCC5)cc4CC[C@@H]3[C@H]1CCC2=O. The second kappa shape index (κ2) is 8.11. The van der Waals surface area contributed by atoms with Gasteiger partial charge in [0.15, 0.2) is 0 Å². The molecule has 1 aromatic rings. The molecular formula is C26H35NO3. The van der Waals surface area contributed by atoms with E-state index in [4.69, 9.17) is 4.74 Å². The lowest BCUT2D eigenvalue weighted by Crippen LogP contribution is -2.42. The van der Waals surface area contributed by atoms with Crippen LogP contribution in [0.4, 0.5) is 0 Å². The highest BCUT2D eigenvalue weighted by molar-refractivity contribution is 5.87. The molecule has 0 spiro atoms. The molecule has 30 heavy (non-hydrogen) atoms. The zero-order valence-electron chi connectivity index (χ0n) is 18.3. The van der Waals surface area contributed by atoms with E-state index in [0.29, 0.717) is 35.7 Å². The molecule has 3 fully saturated rings. The van der Waals surface area contributed by atoms with Crippen molar-refractivity contribution in [1.29, 1.82) is 0 Å². The summed E-state index contributed by atoms with van der Waals surface area (Å²) in [5.41, 5.74) is 2.73. The van der Waals surface area contributed by atoms with Crippen LogP contribution < -0.4 is 4.74 Å². The standard InChI is InChI=1S/C26H35NO3/c1-26-13-11-21-20-8-6-19(30-25(29)12-16-27-14-3-2-4-15-27)17-18(20)5-7-22(21)23(26)9-10-24(26)28/h6,8,17,21-23H,2-5,7,9-16H2,1H3/t21-,22-,23+,26-/m0/s1. The Bertz CT molecular complexity index is 828. The molecule has 4 heteroatoms. The lowest BCUT2D eigenvalue weighted by molar-refractivity contribution is -0.134. The van der Waals surface area contributed by atoms with Crippen LogP contribution in [0.5, 0.6) is 5.75 Å². The Kier molecular flexibility index (Phi) is 5.47. The first kappa shape index (κ1) is 20.2. The number of carbonyl (C=O) groups excluding carboxylic acids is 2. The largest absolute Gasteiger partial charge is 0.426 e. The summed E-state index contributed by atoms with van der Waals surface area (Å²) in [5.74, 6) is 2.86. The van der Waals surface area contributed by atoms with Gasteiger partial charge in [-0.25, -0.2) is 0 Å². The van der Waals surface area contributed by atoms with Gasteiger partial charge in [0.1, 0.15) is 11.5 Å². The average molecular weight is 410 g/mol. The second-order valence-corrected chi connectivity index (χ2v) is 10.3. The zero-order chi connectivity index (χ0) is 20.7. The molecule has 0 bridgehead atoms. The summed E-state index contributed by atoms with van der Waals surface area (Å²) in [6.45, 7) is 5.26. The zero-order valence-corrected chi connectivity index (χ0v) is 18.3. The minimum atomic E-state index is -0.118. The van der Waals surface area contributed by atoms with Crippen LogP contribution in [0.3, 0.4) is 0 Å². The molecular weight excluding hydrogens is 374 g/mol. The van der Waals surface area contributed by atoms with E-state index in [1.807, 2.05) is 6.07 Å². The van der Waals surface area contributed by atoms with Crippen molar-refractivity contribution in [2.24, 2.45) is 17.3 Å². The fraction of sp³-hybridized carbons (Fsp3) is 0.692. The number of fused-ring (bicyclic) bond motifs is 5. The quantitative estimate of drug-likeness (QED) is 0.524. The highest BCUT2D eigenvalue weighted by atomic mass is 16.5. The molecule has 0 radical (unpaired) electrons. The van der Waals surface area contributed by atoms with Crippen LogP contribution in [0, 0.1) is 17.3 Å². The van der Waals surface area contributed by atoms with Gasteiger partial charge in [0, 0.05) is 18.4 Å². The van der Waals surface area contributed by atoms with Crippen molar-refractivity contribution < 1.29 is 14.3 Å². The Morgan fingerprint density at radius 1 is 1.13 bits per heavy atom. The van der Waals surface area contributed by atoms with E-state index >= 15 is 0 Å². The van der Waals surface area contributed by atoms with Gasteiger partial charge in [-0.3, -0.25) is 9.59 Å². The summed E-state index contributed by atoms with van der Waals surface area (Å²) in [4.78, 5) is 27.2. The Morgan fingerprint density at radius 3 is 2.80 bits per heavy atom. The van der Waals surface area contributed by atoms with Crippen molar-refractivity contribution >= 4 is 11.8 Å². The molecule has 4 aliphatic rings. The maximum Gasteiger partial charge on any atom is 0.312 e. The van der Waals surface area contributed by atoms with Gasteiger partial charge in [-0.2, -0.15) is 0 Å². The summed E-state index contributed by atoms with van der Waals surface area (Å²) < 4.78 is 5.70. The third kappa shape index (κ3) is 3.62. The summed E-state index contributed by atoms with van der Waals surface area (Å²) in [5, 5.41) is 0. The molecule has 4 nitrogen and oxygen atoms in total. The molecule has 3 aliphatic carbocycles. The van der Waals surface area contributed by atoms with Crippen molar-refractivity contribution in [2.45, 2.75) is 77.0 Å². The van der Waals surface area contributed by atoms with Crippen molar-refractivity contribution in [1.82, 2.24) is 4.90 Å². The van der Waals surface area contributed by atoms with E-state index in [9.17, 15) is 9.59 Å². The Balaban J connectivity index is 1.23. The van der Waals surface area contributed by atoms with Gasteiger partial charge in [0.05, 0.1) is 6.42 Å². The highest BCUT2D eigenvalue weighted by Crippen LogP contribution is 2.59. The normalized spacial score (nSPS) is 33.5. The average Bonchev–Trinajstić information content (AvgIpc) is 3.07. The molecule has 0 unspecified atom stereocenters. The number of Topliss-reactive ketones (excluding diaryl/α,β-unsaturated/α-hetero) is 1. The highest BCUT2D eigenvalue weighted by Gasteiger charge is 2.54. The van der Waals surface area contributed by atoms with Crippen LogP contribution >= 0.6 is 0 Å². The molecule has 1 aromatic carbocycles. The first-order valence-corrected chi connectivity index (χ1v) is 12.1. The van der Waals surface area contributed by atoms with Gasteiger partial charge >= 0.3 is 5.97 Å². The maximum absolute atomic E-state index is 12.5. The Labute approximate surface area is 180 Å². The molecule has 5 rings (SSSR count). The molecule has 1 aliphatic heterocycles. The van der Waals surface area contributed by atoms with E-state index in [2.05, 4.69) is 24.0 Å². The van der Waals surface area contributed by atoms with Crippen molar-refractivity contribution in [2.75, 3.05) is 19.6 Å². The number of benzene rings is 1. The number of hydrogen-bond acceptors (Lipinski definition) is 4. The molecule has 2 saturated carbocycles. The van der Waals surface area contributed by atoms with Crippen LogP contribution in [0.15, 0.2) is 18.2 Å². The number of likely N-dealkylation sites (tertiary alicyclic amines) is 1. The predicted molar refractivity (Wildman–Crippen MR) is 117 cm³/mol. The van der Waals surface area contributed by atoms with E-state index < -0.39 is 0 Å². The summed E-state index contributed by atoms with van der Waals surface area (Å²) >= 11 is 0. The Hall–Kier alpha value is -1.68. The van der Waals surface area contributed by atoms with Gasteiger partial charge < -0.3 is 9.64 Å². The first-order chi connectivity index (χ1) is 14.5. The lowest BCUT2D eigenvalue weighted by atomic mass is 9.55. The number of ketones is 1. The van der Waals surface area contributed by atoms with E-state index in [1.165, 1.54) is 30.4 Å². The molecule has 4 atom stereocenters. The topological polar surface area (TPSA) is 46.6 Å².